The van der Waals surface area contributed by atoms with Crippen LogP contribution in [-0.4, -0.2) is 17.9 Å². The van der Waals surface area contributed by atoms with E-state index in [-0.39, 0.29) is 0 Å². The van der Waals surface area contributed by atoms with E-state index in [0.29, 0.717) is 35.8 Å². The maximum Gasteiger partial charge on any atom is 0.172 e. The highest BCUT2D eigenvalue weighted by atomic mass is 79.9. The largest absolute Gasteiger partial charge is 0.491 e. The number of hydrogen-bond acceptors (Lipinski definition) is 3. The van der Waals surface area contributed by atoms with Crippen molar-refractivity contribution in [1.29, 1.82) is 0 Å². The summed E-state index contributed by atoms with van der Waals surface area (Å²) in [6.07, 6.45) is 2.95. The molecule has 0 unspecified atom stereocenters. The van der Waals surface area contributed by atoms with Crippen molar-refractivity contribution in [2.24, 2.45) is 0 Å². The summed E-state index contributed by atoms with van der Waals surface area (Å²) in [6, 6.07) is 7.45. The van der Waals surface area contributed by atoms with Crippen LogP contribution in [-0.2, 0) is 6.42 Å². The molecule has 0 atom stereocenters. The SMILES string of the molecule is O=Cc1ncc(Br)cc1OCCc1ccc(Cl)c(Br)c1. The monoisotopic (exact) mass is 417 g/mol. The second kappa shape index (κ2) is 7.20. The Balaban J connectivity index is 2.00. The number of halogens is 3. The smallest absolute Gasteiger partial charge is 0.172 e. The third kappa shape index (κ3) is 4.04. The van der Waals surface area contributed by atoms with Gasteiger partial charge in [-0.1, -0.05) is 17.7 Å². The summed E-state index contributed by atoms with van der Waals surface area (Å²) in [5.41, 5.74) is 1.39. The van der Waals surface area contributed by atoms with Crippen molar-refractivity contribution < 1.29 is 9.53 Å². The number of nitrogens with zero attached hydrogens (tertiary/aromatic N) is 1. The standard InChI is InChI=1S/C14H10Br2ClNO2/c15-10-6-14(13(8-19)18-7-10)20-4-3-9-1-2-12(17)11(16)5-9/h1-2,5-8H,3-4H2. The molecule has 0 spiro atoms. The first-order valence-corrected chi connectivity index (χ1v) is 7.74. The molecule has 1 heterocycles. The molecule has 0 aliphatic rings. The fraction of sp³-hybridized carbons (Fsp3) is 0.143. The molecule has 3 nitrogen and oxygen atoms in total. The summed E-state index contributed by atoms with van der Waals surface area (Å²) in [5, 5.41) is 0.675. The Bertz CT molecular complexity index is 635. The van der Waals surface area contributed by atoms with Gasteiger partial charge >= 0.3 is 0 Å². The summed E-state index contributed by atoms with van der Waals surface area (Å²) < 4.78 is 7.24. The Morgan fingerprint density at radius 3 is 2.80 bits per heavy atom. The van der Waals surface area contributed by atoms with Gasteiger partial charge in [-0.2, -0.15) is 0 Å². The number of carbonyl (C=O) groups is 1. The Kier molecular flexibility index (Phi) is 5.57. The number of aromatic nitrogens is 1. The van der Waals surface area contributed by atoms with E-state index >= 15 is 0 Å². The Morgan fingerprint density at radius 1 is 1.30 bits per heavy atom. The molecule has 0 bridgehead atoms. The zero-order valence-corrected chi connectivity index (χ0v) is 14.2. The summed E-state index contributed by atoms with van der Waals surface area (Å²) in [4.78, 5) is 14.9. The van der Waals surface area contributed by atoms with Crippen molar-refractivity contribution in [2.45, 2.75) is 6.42 Å². The van der Waals surface area contributed by atoms with E-state index in [1.165, 1.54) is 0 Å². The minimum absolute atomic E-state index is 0.297. The maximum atomic E-state index is 10.9. The molecule has 0 N–H and O–H groups in total. The molecule has 0 saturated heterocycles. The van der Waals surface area contributed by atoms with Gasteiger partial charge in [-0.15, -0.1) is 0 Å². The highest BCUT2D eigenvalue weighted by molar-refractivity contribution is 9.10. The number of ether oxygens (including phenoxy) is 1. The topological polar surface area (TPSA) is 39.2 Å². The lowest BCUT2D eigenvalue weighted by Gasteiger charge is -2.08. The van der Waals surface area contributed by atoms with E-state index < -0.39 is 0 Å². The number of aldehydes is 1. The van der Waals surface area contributed by atoms with Gasteiger partial charge < -0.3 is 4.74 Å². The van der Waals surface area contributed by atoms with Gasteiger partial charge in [0.15, 0.2) is 6.29 Å². The van der Waals surface area contributed by atoms with Crippen LogP contribution in [0.3, 0.4) is 0 Å². The second-order valence-corrected chi connectivity index (χ2v) is 6.18. The highest BCUT2D eigenvalue weighted by Gasteiger charge is 2.06. The van der Waals surface area contributed by atoms with Crippen LogP contribution in [0.4, 0.5) is 0 Å². The van der Waals surface area contributed by atoms with Crippen molar-refractivity contribution in [2.75, 3.05) is 6.61 Å². The van der Waals surface area contributed by atoms with Gasteiger partial charge in [-0.3, -0.25) is 4.79 Å². The predicted molar refractivity (Wildman–Crippen MR) is 85.7 cm³/mol. The molecule has 0 radical (unpaired) electrons. The van der Waals surface area contributed by atoms with Crippen molar-refractivity contribution in [3.63, 3.8) is 0 Å². The molecule has 6 heteroatoms. The zero-order valence-electron chi connectivity index (χ0n) is 10.3. The van der Waals surface area contributed by atoms with Crippen LogP contribution in [0.25, 0.3) is 0 Å². The van der Waals surface area contributed by atoms with E-state index in [4.69, 9.17) is 16.3 Å². The van der Waals surface area contributed by atoms with E-state index in [0.717, 1.165) is 14.5 Å². The third-order valence-corrected chi connectivity index (χ3v) is 4.24. The Labute approximate surface area is 138 Å². The van der Waals surface area contributed by atoms with E-state index in [1.54, 1.807) is 12.3 Å². The van der Waals surface area contributed by atoms with Gasteiger partial charge in [0.25, 0.3) is 0 Å². The molecule has 0 saturated carbocycles. The van der Waals surface area contributed by atoms with Crippen molar-refractivity contribution in [3.05, 3.63) is 55.7 Å². The Morgan fingerprint density at radius 2 is 2.10 bits per heavy atom. The molecular weight excluding hydrogens is 409 g/mol. The first kappa shape index (κ1) is 15.5. The summed E-state index contributed by atoms with van der Waals surface area (Å²) in [7, 11) is 0. The molecule has 2 rings (SSSR count). The van der Waals surface area contributed by atoms with Gasteiger partial charge in [-0.25, -0.2) is 4.98 Å². The Hall–Kier alpha value is -0.910. The van der Waals surface area contributed by atoms with Crippen LogP contribution in [0.1, 0.15) is 16.1 Å². The molecule has 2 aromatic rings. The number of pyridine rings is 1. The molecule has 0 amide bonds. The molecule has 0 aliphatic carbocycles. The lowest BCUT2D eigenvalue weighted by atomic mass is 10.2. The first-order valence-electron chi connectivity index (χ1n) is 5.77. The van der Waals surface area contributed by atoms with Crippen molar-refractivity contribution in [3.8, 4) is 5.75 Å². The molecule has 1 aromatic heterocycles. The zero-order chi connectivity index (χ0) is 14.5. The van der Waals surface area contributed by atoms with Gasteiger partial charge in [0.05, 0.1) is 11.6 Å². The molecule has 0 fully saturated rings. The van der Waals surface area contributed by atoms with Crippen LogP contribution in [0.2, 0.25) is 5.02 Å². The average molecular weight is 419 g/mol. The van der Waals surface area contributed by atoms with Crippen molar-refractivity contribution >= 4 is 49.7 Å². The van der Waals surface area contributed by atoms with Crippen LogP contribution in [0.15, 0.2) is 39.4 Å². The first-order chi connectivity index (χ1) is 9.60. The number of rotatable bonds is 5. The third-order valence-electron chi connectivity index (χ3n) is 2.59. The predicted octanol–water partition coefficient (Wildman–Crippen LogP) is 4.69. The number of benzene rings is 1. The van der Waals surface area contributed by atoms with E-state index in [1.807, 2.05) is 18.2 Å². The van der Waals surface area contributed by atoms with Crippen LogP contribution >= 0.6 is 43.5 Å². The quantitative estimate of drug-likeness (QED) is 0.660. The van der Waals surface area contributed by atoms with Crippen molar-refractivity contribution in [1.82, 2.24) is 4.98 Å². The number of carbonyl (C=O) groups excluding carboxylic acids is 1. The normalized spacial score (nSPS) is 10.3. The van der Waals surface area contributed by atoms with Crippen LogP contribution in [0, 0.1) is 0 Å². The lowest BCUT2D eigenvalue weighted by Crippen LogP contribution is -2.04. The second-order valence-electron chi connectivity index (χ2n) is 4.00. The minimum atomic E-state index is 0.297. The fourth-order valence-electron chi connectivity index (χ4n) is 1.61. The minimum Gasteiger partial charge on any atom is -0.491 e. The molecule has 1 aromatic carbocycles. The maximum absolute atomic E-state index is 10.9. The van der Waals surface area contributed by atoms with Gasteiger partial charge in [0, 0.05) is 21.6 Å². The summed E-state index contributed by atoms with van der Waals surface area (Å²) >= 11 is 12.6. The van der Waals surface area contributed by atoms with Crippen LogP contribution < -0.4 is 4.74 Å². The van der Waals surface area contributed by atoms with Gasteiger partial charge in [0.2, 0.25) is 0 Å². The average Bonchev–Trinajstić information content (AvgIpc) is 2.43. The molecule has 0 aliphatic heterocycles. The lowest BCUT2D eigenvalue weighted by molar-refractivity contribution is 0.111. The fourth-order valence-corrected chi connectivity index (χ4v) is 2.46. The van der Waals surface area contributed by atoms with Crippen LogP contribution in [0.5, 0.6) is 5.75 Å². The molecule has 104 valence electrons. The van der Waals surface area contributed by atoms with Gasteiger partial charge in [-0.05, 0) is 55.6 Å². The van der Waals surface area contributed by atoms with E-state index in [9.17, 15) is 4.79 Å². The summed E-state index contributed by atoms with van der Waals surface area (Å²) in [6.45, 7) is 0.451. The highest BCUT2D eigenvalue weighted by Crippen LogP contribution is 2.24. The number of hydrogen-bond donors (Lipinski definition) is 0. The summed E-state index contributed by atoms with van der Waals surface area (Å²) in [5.74, 6) is 0.474. The van der Waals surface area contributed by atoms with Gasteiger partial charge in [0.1, 0.15) is 11.4 Å². The molecule has 20 heavy (non-hydrogen) atoms. The van der Waals surface area contributed by atoms with E-state index in [2.05, 4.69) is 36.8 Å². The molecular formula is C14H10Br2ClNO2.